The van der Waals surface area contributed by atoms with Gasteiger partial charge >= 0.3 is 0 Å². The molecular formula is C12H30ClN. The molecule has 0 atom stereocenters. The zero-order chi connectivity index (χ0) is 10.7. The van der Waals surface area contributed by atoms with Gasteiger partial charge in [-0.15, -0.1) is 12.4 Å². The minimum Gasteiger partial charge on any atom is -0.306 e. The lowest BCUT2D eigenvalue weighted by Crippen LogP contribution is -2.25. The Hall–Kier alpha value is 0.250. The third-order valence-corrected chi connectivity index (χ3v) is 2.38. The highest BCUT2D eigenvalue weighted by molar-refractivity contribution is 5.85. The fourth-order valence-corrected chi connectivity index (χ4v) is 1.37. The number of hydrogen-bond acceptors (Lipinski definition) is 1. The van der Waals surface area contributed by atoms with Crippen molar-refractivity contribution in [1.82, 2.24) is 4.90 Å². The minimum absolute atomic E-state index is 0. The summed E-state index contributed by atoms with van der Waals surface area (Å²) in [6.07, 6.45) is 6.61. The second-order valence-electron chi connectivity index (χ2n) is 3.79. The largest absolute Gasteiger partial charge is 0.306 e. The first-order chi connectivity index (χ1) is 6.13. The molecule has 0 bridgehead atoms. The Morgan fingerprint density at radius 2 is 1.21 bits per heavy atom. The van der Waals surface area contributed by atoms with E-state index >= 15 is 0 Å². The van der Waals surface area contributed by atoms with Gasteiger partial charge in [0.1, 0.15) is 0 Å². The smallest absolute Gasteiger partial charge is 0.00839 e. The lowest BCUT2D eigenvalue weighted by molar-refractivity contribution is 0.279. The van der Waals surface area contributed by atoms with Crippen LogP contribution in [0.25, 0.3) is 0 Å². The molecule has 0 amide bonds. The lowest BCUT2D eigenvalue weighted by Gasteiger charge is -2.20. The molecule has 90 valence electrons. The van der Waals surface area contributed by atoms with Crippen LogP contribution in [-0.2, 0) is 0 Å². The molecule has 2 heteroatoms. The van der Waals surface area contributed by atoms with Crippen LogP contribution in [0.15, 0.2) is 0 Å². The molecule has 0 rings (SSSR count). The van der Waals surface area contributed by atoms with Gasteiger partial charge in [0, 0.05) is 6.04 Å². The molecular weight excluding hydrogens is 194 g/mol. The molecule has 0 radical (unpaired) electrons. The van der Waals surface area contributed by atoms with Crippen LogP contribution in [0.2, 0.25) is 0 Å². The average molecular weight is 224 g/mol. The van der Waals surface area contributed by atoms with Crippen molar-refractivity contribution < 1.29 is 0 Å². The minimum atomic E-state index is 0. The molecule has 0 spiro atoms. The van der Waals surface area contributed by atoms with Crippen molar-refractivity contribution in [2.75, 3.05) is 14.1 Å². The van der Waals surface area contributed by atoms with Gasteiger partial charge in [0.25, 0.3) is 0 Å². The van der Waals surface area contributed by atoms with E-state index in [1.54, 1.807) is 0 Å². The predicted octanol–water partition coefficient (Wildman–Crippen LogP) is 4.35. The second-order valence-corrected chi connectivity index (χ2v) is 3.79. The molecule has 0 fully saturated rings. The first-order valence-electron chi connectivity index (χ1n) is 5.80. The summed E-state index contributed by atoms with van der Waals surface area (Å²) in [6, 6.07) is 0.787. The van der Waals surface area contributed by atoms with Crippen LogP contribution in [-0.4, -0.2) is 25.0 Å². The molecule has 0 aromatic rings. The molecule has 0 saturated carbocycles. The molecule has 0 heterocycles. The third-order valence-electron chi connectivity index (χ3n) is 2.38. The molecule has 0 unspecified atom stereocenters. The molecule has 0 aliphatic rings. The monoisotopic (exact) mass is 223 g/mol. The van der Waals surface area contributed by atoms with Crippen molar-refractivity contribution in [3.8, 4) is 0 Å². The Balaban J connectivity index is -0.000000177. The summed E-state index contributed by atoms with van der Waals surface area (Å²) in [5.41, 5.74) is 0. The maximum atomic E-state index is 2.28. The summed E-state index contributed by atoms with van der Waals surface area (Å²) in [5, 5.41) is 0. The molecule has 0 aromatic carbocycles. The van der Waals surface area contributed by atoms with Gasteiger partial charge in [0.2, 0.25) is 0 Å². The fraction of sp³-hybridized carbons (Fsp3) is 1.00. The van der Waals surface area contributed by atoms with Crippen molar-refractivity contribution in [1.29, 1.82) is 0 Å². The van der Waals surface area contributed by atoms with E-state index in [1.165, 1.54) is 32.1 Å². The van der Waals surface area contributed by atoms with Crippen molar-refractivity contribution in [3.05, 3.63) is 0 Å². The van der Waals surface area contributed by atoms with Crippen LogP contribution in [0.4, 0.5) is 0 Å². The Morgan fingerprint density at radius 1 is 0.857 bits per heavy atom. The van der Waals surface area contributed by atoms with Gasteiger partial charge in [0.05, 0.1) is 0 Å². The van der Waals surface area contributed by atoms with Gasteiger partial charge in [-0.3, -0.25) is 0 Å². The standard InChI is InChI=1S/C7H17N.C5H12.ClH/c1-5-7(6-2)8(3)4;1-3-5-4-2;/h7H,5-6H2,1-4H3;3-5H2,1-2H3;1H. The number of halogens is 1. The van der Waals surface area contributed by atoms with Crippen molar-refractivity contribution in [2.45, 2.75) is 65.8 Å². The van der Waals surface area contributed by atoms with Crippen LogP contribution in [0, 0.1) is 0 Å². The van der Waals surface area contributed by atoms with Crippen molar-refractivity contribution >= 4 is 12.4 Å². The number of hydrogen-bond donors (Lipinski definition) is 0. The summed E-state index contributed by atoms with van der Waals surface area (Å²) in [6.45, 7) is 8.88. The predicted molar refractivity (Wildman–Crippen MR) is 70.5 cm³/mol. The van der Waals surface area contributed by atoms with E-state index in [0.717, 1.165) is 6.04 Å². The van der Waals surface area contributed by atoms with Crippen molar-refractivity contribution in [2.24, 2.45) is 0 Å². The Kier molecular flexibility index (Phi) is 22.2. The molecule has 0 saturated heterocycles. The van der Waals surface area contributed by atoms with Crippen LogP contribution in [0.3, 0.4) is 0 Å². The van der Waals surface area contributed by atoms with E-state index < -0.39 is 0 Å². The maximum absolute atomic E-state index is 2.28. The number of nitrogens with zero attached hydrogens (tertiary/aromatic N) is 1. The zero-order valence-electron chi connectivity index (χ0n) is 11.0. The third kappa shape index (κ3) is 14.8. The molecule has 0 aromatic heterocycles. The normalized spacial score (nSPS) is 9.43. The molecule has 0 N–H and O–H groups in total. The SMILES string of the molecule is CCC(CC)N(C)C.CCCCC.Cl. The van der Waals surface area contributed by atoms with Gasteiger partial charge in [-0.05, 0) is 26.9 Å². The molecule has 1 nitrogen and oxygen atoms in total. The van der Waals surface area contributed by atoms with Gasteiger partial charge in [-0.25, -0.2) is 0 Å². The van der Waals surface area contributed by atoms with E-state index in [0.29, 0.717) is 0 Å². The highest BCUT2D eigenvalue weighted by Gasteiger charge is 2.02. The van der Waals surface area contributed by atoms with Crippen LogP contribution in [0.1, 0.15) is 59.8 Å². The average Bonchev–Trinajstić information content (AvgIpc) is 2.08. The molecule has 14 heavy (non-hydrogen) atoms. The van der Waals surface area contributed by atoms with Gasteiger partial charge < -0.3 is 4.90 Å². The van der Waals surface area contributed by atoms with E-state index in [2.05, 4.69) is 46.7 Å². The van der Waals surface area contributed by atoms with E-state index in [9.17, 15) is 0 Å². The Bertz CT molecular complexity index is 78.4. The molecule has 0 aliphatic carbocycles. The number of unbranched alkanes of at least 4 members (excludes halogenated alkanes) is 2. The second kappa shape index (κ2) is 15.7. The van der Waals surface area contributed by atoms with Gasteiger partial charge in [-0.1, -0.05) is 47.0 Å². The first-order valence-corrected chi connectivity index (χ1v) is 5.80. The van der Waals surface area contributed by atoms with Crippen LogP contribution < -0.4 is 0 Å². The maximum Gasteiger partial charge on any atom is 0.00839 e. The summed E-state index contributed by atoms with van der Waals surface area (Å²) < 4.78 is 0. The first kappa shape index (κ1) is 19.8. The zero-order valence-corrected chi connectivity index (χ0v) is 11.8. The number of rotatable bonds is 5. The Labute approximate surface area is 97.7 Å². The van der Waals surface area contributed by atoms with E-state index in [1.807, 2.05) is 0 Å². The summed E-state index contributed by atoms with van der Waals surface area (Å²) in [5.74, 6) is 0. The fourth-order valence-electron chi connectivity index (χ4n) is 1.37. The summed E-state index contributed by atoms with van der Waals surface area (Å²) in [4.78, 5) is 2.28. The van der Waals surface area contributed by atoms with E-state index in [-0.39, 0.29) is 12.4 Å². The Morgan fingerprint density at radius 3 is 1.21 bits per heavy atom. The summed E-state index contributed by atoms with van der Waals surface area (Å²) in [7, 11) is 4.27. The topological polar surface area (TPSA) is 3.24 Å². The lowest BCUT2D eigenvalue weighted by atomic mass is 10.1. The van der Waals surface area contributed by atoms with Gasteiger partial charge in [0.15, 0.2) is 0 Å². The quantitative estimate of drug-likeness (QED) is 0.670. The van der Waals surface area contributed by atoms with Gasteiger partial charge in [-0.2, -0.15) is 0 Å². The van der Waals surface area contributed by atoms with Crippen molar-refractivity contribution in [3.63, 3.8) is 0 Å². The molecule has 0 aliphatic heterocycles. The highest BCUT2D eigenvalue weighted by Crippen LogP contribution is 2.01. The van der Waals surface area contributed by atoms with E-state index in [4.69, 9.17) is 0 Å². The summed E-state index contributed by atoms with van der Waals surface area (Å²) >= 11 is 0. The van der Waals surface area contributed by atoms with Crippen LogP contribution >= 0.6 is 12.4 Å². The highest BCUT2D eigenvalue weighted by atomic mass is 35.5. The van der Waals surface area contributed by atoms with Crippen LogP contribution in [0.5, 0.6) is 0 Å².